The first-order valence-corrected chi connectivity index (χ1v) is 11.8. The fourth-order valence-corrected chi connectivity index (χ4v) is 5.80. The summed E-state index contributed by atoms with van der Waals surface area (Å²) in [6.45, 7) is 5.20. The van der Waals surface area contributed by atoms with Crippen molar-refractivity contribution in [1.29, 1.82) is 0 Å². The summed E-state index contributed by atoms with van der Waals surface area (Å²) in [6, 6.07) is 13.3. The van der Waals surface area contributed by atoms with Gasteiger partial charge in [0.2, 0.25) is 0 Å². The van der Waals surface area contributed by atoms with Crippen LogP contribution in [-0.4, -0.2) is 36.7 Å². The van der Waals surface area contributed by atoms with Crippen LogP contribution in [0.25, 0.3) is 10.8 Å². The highest BCUT2D eigenvalue weighted by Gasteiger charge is 2.40. The first-order valence-electron chi connectivity index (χ1n) is 11.8. The lowest BCUT2D eigenvalue weighted by Crippen LogP contribution is -2.36. The highest BCUT2D eigenvalue weighted by Crippen LogP contribution is 2.46. The van der Waals surface area contributed by atoms with Gasteiger partial charge in [0, 0.05) is 6.54 Å². The molecule has 3 unspecified atom stereocenters. The van der Waals surface area contributed by atoms with E-state index in [1.54, 1.807) is 0 Å². The topological polar surface area (TPSA) is 38.8 Å². The van der Waals surface area contributed by atoms with E-state index >= 15 is 0 Å². The van der Waals surface area contributed by atoms with Crippen LogP contribution in [0.5, 0.6) is 5.75 Å². The molecule has 30 heavy (non-hydrogen) atoms. The molecule has 0 amide bonds. The number of hydrogen-bond donors (Lipinski definition) is 0. The fraction of sp³-hybridized carbons (Fsp3) is 0.577. The normalized spacial score (nSPS) is 26.9. The zero-order chi connectivity index (χ0) is 20.5. The third kappa shape index (κ3) is 4.20. The zero-order valence-electron chi connectivity index (χ0n) is 18.0. The number of fused-ring (bicyclic) bond motifs is 3. The minimum atomic E-state index is -0.0219. The molecule has 0 spiro atoms. The predicted octanol–water partition coefficient (Wildman–Crippen LogP) is 5.18. The summed E-state index contributed by atoms with van der Waals surface area (Å²) >= 11 is 0. The van der Waals surface area contributed by atoms with Gasteiger partial charge in [-0.2, -0.15) is 0 Å². The number of ether oxygens (including phenoxy) is 2. The Bertz CT molecular complexity index is 902. The molecule has 2 bridgehead atoms. The minimum absolute atomic E-state index is 0.0219. The van der Waals surface area contributed by atoms with Crippen LogP contribution in [0.3, 0.4) is 0 Å². The molecule has 3 fully saturated rings. The monoisotopic (exact) mass is 407 g/mol. The summed E-state index contributed by atoms with van der Waals surface area (Å²) < 4.78 is 11.6. The lowest BCUT2D eigenvalue weighted by molar-refractivity contribution is -0.149. The number of rotatable bonds is 6. The number of likely N-dealkylation sites (tertiary alicyclic amines) is 1. The van der Waals surface area contributed by atoms with Crippen molar-refractivity contribution in [3.8, 4) is 5.75 Å². The van der Waals surface area contributed by atoms with E-state index in [-0.39, 0.29) is 11.9 Å². The molecule has 2 saturated carbocycles. The zero-order valence-corrected chi connectivity index (χ0v) is 18.0. The third-order valence-electron chi connectivity index (χ3n) is 7.45. The third-order valence-corrected chi connectivity index (χ3v) is 7.45. The van der Waals surface area contributed by atoms with Crippen molar-refractivity contribution < 1.29 is 14.3 Å². The highest BCUT2D eigenvalue weighted by molar-refractivity contribution is 5.84. The minimum Gasteiger partial charge on any atom is -0.490 e. The first-order chi connectivity index (χ1) is 14.7. The van der Waals surface area contributed by atoms with Crippen molar-refractivity contribution in [3.05, 3.63) is 42.0 Å². The number of carbonyl (C=O) groups excluding carboxylic acids is 1. The first kappa shape index (κ1) is 19.9. The Morgan fingerprint density at radius 1 is 1.00 bits per heavy atom. The molecule has 5 rings (SSSR count). The highest BCUT2D eigenvalue weighted by atomic mass is 16.5. The Labute approximate surface area is 179 Å². The molecule has 4 heteroatoms. The van der Waals surface area contributed by atoms with Gasteiger partial charge in [-0.15, -0.1) is 0 Å². The van der Waals surface area contributed by atoms with Crippen molar-refractivity contribution in [2.45, 2.75) is 58.1 Å². The Morgan fingerprint density at radius 2 is 1.80 bits per heavy atom. The Morgan fingerprint density at radius 3 is 2.53 bits per heavy atom. The van der Waals surface area contributed by atoms with E-state index in [2.05, 4.69) is 41.3 Å². The van der Waals surface area contributed by atoms with Gasteiger partial charge in [-0.3, -0.25) is 9.69 Å². The van der Waals surface area contributed by atoms with E-state index in [1.807, 2.05) is 6.92 Å². The molecule has 0 radical (unpaired) electrons. The SMILES string of the molecule is CCOC(=O)C1CCN(Cc2ccc3cc(OC4CC5CCC4C5)ccc3c2)CC1. The Hall–Kier alpha value is -2.07. The summed E-state index contributed by atoms with van der Waals surface area (Å²) in [5, 5.41) is 2.52. The number of benzene rings is 2. The van der Waals surface area contributed by atoms with E-state index in [0.717, 1.165) is 50.1 Å². The molecule has 0 N–H and O–H groups in total. The maximum atomic E-state index is 11.9. The molecular formula is C26H33NO3. The van der Waals surface area contributed by atoms with E-state index in [4.69, 9.17) is 9.47 Å². The van der Waals surface area contributed by atoms with Gasteiger partial charge in [-0.25, -0.2) is 0 Å². The standard InChI is InChI=1S/C26H33NO3/c1-2-29-26(28)20-9-11-27(12-10-20)17-19-4-5-22-16-24(8-7-21(22)14-19)30-25-15-18-3-6-23(25)13-18/h4-5,7-8,14,16,18,20,23,25H,2-3,6,9-13,15,17H2,1H3. The average Bonchev–Trinajstić information content (AvgIpc) is 3.38. The second-order valence-electron chi connectivity index (χ2n) is 9.48. The maximum Gasteiger partial charge on any atom is 0.309 e. The number of hydrogen-bond acceptors (Lipinski definition) is 4. The number of esters is 1. The molecular weight excluding hydrogens is 374 g/mol. The van der Waals surface area contributed by atoms with Gasteiger partial charge in [-0.05, 0) is 105 Å². The van der Waals surface area contributed by atoms with E-state index in [9.17, 15) is 4.79 Å². The number of nitrogens with zero attached hydrogens (tertiary/aromatic N) is 1. The Balaban J connectivity index is 1.19. The van der Waals surface area contributed by atoms with Gasteiger partial charge in [0.1, 0.15) is 11.9 Å². The smallest absolute Gasteiger partial charge is 0.309 e. The van der Waals surface area contributed by atoms with Gasteiger partial charge in [0.05, 0.1) is 12.5 Å². The van der Waals surface area contributed by atoms with Gasteiger partial charge in [0.15, 0.2) is 0 Å². The van der Waals surface area contributed by atoms with Crippen molar-refractivity contribution in [2.75, 3.05) is 19.7 Å². The van der Waals surface area contributed by atoms with E-state index < -0.39 is 0 Å². The molecule has 4 nitrogen and oxygen atoms in total. The predicted molar refractivity (Wildman–Crippen MR) is 118 cm³/mol. The summed E-state index contributed by atoms with van der Waals surface area (Å²) in [5.74, 6) is 2.76. The van der Waals surface area contributed by atoms with Crippen LogP contribution in [0, 0.1) is 17.8 Å². The van der Waals surface area contributed by atoms with Crippen LogP contribution in [0.15, 0.2) is 36.4 Å². The Kier molecular flexibility index (Phi) is 5.68. The second kappa shape index (κ2) is 8.58. The van der Waals surface area contributed by atoms with Gasteiger partial charge < -0.3 is 9.47 Å². The van der Waals surface area contributed by atoms with Crippen molar-refractivity contribution in [1.82, 2.24) is 4.90 Å². The van der Waals surface area contributed by atoms with Gasteiger partial charge in [-0.1, -0.05) is 18.2 Å². The van der Waals surface area contributed by atoms with Crippen LogP contribution >= 0.6 is 0 Å². The molecule has 1 saturated heterocycles. The molecule has 0 aromatic heterocycles. The number of piperidine rings is 1. The van der Waals surface area contributed by atoms with Crippen LogP contribution in [0.2, 0.25) is 0 Å². The van der Waals surface area contributed by atoms with Crippen LogP contribution < -0.4 is 4.74 Å². The largest absolute Gasteiger partial charge is 0.490 e. The summed E-state index contributed by atoms with van der Waals surface area (Å²) in [6.07, 6.45) is 7.60. The summed E-state index contributed by atoms with van der Waals surface area (Å²) in [7, 11) is 0. The second-order valence-corrected chi connectivity index (χ2v) is 9.48. The fourth-order valence-electron chi connectivity index (χ4n) is 5.80. The quantitative estimate of drug-likeness (QED) is 0.618. The average molecular weight is 408 g/mol. The van der Waals surface area contributed by atoms with Crippen molar-refractivity contribution in [2.24, 2.45) is 17.8 Å². The molecule has 1 aliphatic heterocycles. The summed E-state index contributed by atoms with van der Waals surface area (Å²) in [4.78, 5) is 14.4. The van der Waals surface area contributed by atoms with E-state index in [1.165, 1.54) is 42.0 Å². The lowest BCUT2D eigenvalue weighted by Gasteiger charge is -2.30. The summed E-state index contributed by atoms with van der Waals surface area (Å²) in [5.41, 5.74) is 1.33. The molecule has 2 aliphatic carbocycles. The van der Waals surface area contributed by atoms with Gasteiger partial charge in [0.25, 0.3) is 0 Å². The maximum absolute atomic E-state index is 11.9. The van der Waals surface area contributed by atoms with Crippen molar-refractivity contribution in [3.63, 3.8) is 0 Å². The lowest BCUT2D eigenvalue weighted by atomic mass is 9.96. The van der Waals surface area contributed by atoms with Crippen molar-refractivity contribution >= 4 is 16.7 Å². The molecule has 1 heterocycles. The van der Waals surface area contributed by atoms with Gasteiger partial charge >= 0.3 is 5.97 Å². The van der Waals surface area contributed by atoms with E-state index in [0.29, 0.717) is 12.7 Å². The molecule has 160 valence electrons. The van der Waals surface area contributed by atoms with Crippen LogP contribution in [0.4, 0.5) is 0 Å². The molecule has 3 aliphatic rings. The van der Waals surface area contributed by atoms with Crippen LogP contribution in [-0.2, 0) is 16.1 Å². The molecule has 2 aromatic carbocycles. The number of carbonyl (C=O) groups is 1. The van der Waals surface area contributed by atoms with Crippen LogP contribution in [0.1, 0.15) is 51.0 Å². The molecule has 3 atom stereocenters. The molecule has 2 aromatic rings.